The van der Waals surface area contributed by atoms with E-state index >= 15 is 0 Å². The monoisotopic (exact) mass is 262 g/mol. The van der Waals surface area contributed by atoms with Crippen LogP contribution in [0.3, 0.4) is 0 Å². The predicted molar refractivity (Wildman–Crippen MR) is 59.3 cm³/mol. The number of hydrogen-bond acceptors (Lipinski definition) is 1. The second-order valence-electron chi connectivity index (χ2n) is 3.64. The molecule has 72 valence electrons. The predicted octanol–water partition coefficient (Wildman–Crippen LogP) is 3.37. The van der Waals surface area contributed by atoms with Crippen LogP contribution in [0.25, 0.3) is 0 Å². The lowest BCUT2D eigenvalue weighted by Gasteiger charge is -2.23. The quantitative estimate of drug-likeness (QED) is 0.867. The maximum absolute atomic E-state index is 9.20. The van der Waals surface area contributed by atoms with Crippen LogP contribution in [0.2, 0.25) is 5.02 Å². The van der Waals surface area contributed by atoms with Gasteiger partial charge in [-0.1, -0.05) is 37.6 Å². The topological polar surface area (TPSA) is 20.2 Å². The van der Waals surface area contributed by atoms with Crippen LogP contribution in [0.5, 0.6) is 0 Å². The van der Waals surface area contributed by atoms with Gasteiger partial charge in [0.05, 0.1) is 11.6 Å². The first-order valence-electron chi connectivity index (χ1n) is 4.04. The molecule has 0 bridgehead atoms. The Morgan fingerprint density at radius 1 is 1.46 bits per heavy atom. The van der Waals surface area contributed by atoms with Crippen LogP contribution in [0, 0.1) is 0 Å². The molecular formula is C10H12BrClO. The highest BCUT2D eigenvalue weighted by Crippen LogP contribution is 2.34. The Labute approximate surface area is 91.9 Å². The Kier molecular flexibility index (Phi) is 3.38. The van der Waals surface area contributed by atoms with Gasteiger partial charge in [-0.15, -0.1) is 0 Å². The van der Waals surface area contributed by atoms with E-state index in [-0.39, 0.29) is 12.0 Å². The zero-order valence-corrected chi connectivity index (χ0v) is 9.98. The molecule has 0 aromatic heterocycles. The smallest absolute Gasteiger partial charge is 0.0551 e. The van der Waals surface area contributed by atoms with Gasteiger partial charge in [0, 0.05) is 9.89 Å². The molecule has 0 spiro atoms. The molecule has 0 aliphatic heterocycles. The van der Waals surface area contributed by atoms with Crippen molar-refractivity contribution in [3.05, 3.63) is 33.3 Å². The highest BCUT2D eigenvalue weighted by molar-refractivity contribution is 9.10. The van der Waals surface area contributed by atoms with Crippen LogP contribution in [-0.4, -0.2) is 11.7 Å². The standard InChI is InChI=1S/C10H12BrClO/c1-10(2,6-13)7-4-3-5-8(12)9(7)11/h3-5,13H,6H2,1-2H3. The molecule has 1 rings (SSSR count). The van der Waals surface area contributed by atoms with Crippen LogP contribution in [0.15, 0.2) is 22.7 Å². The molecule has 0 unspecified atom stereocenters. The Hall–Kier alpha value is -0.0500. The van der Waals surface area contributed by atoms with Crippen LogP contribution in [-0.2, 0) is 5.41 Å². The molecule has 0 saturated carbocycles. The van der Waals surface area contributed by atoms with Gasteiger partial charge in [0.15, 0.2) is 0 Å². The van der Waals surface area contributed by atoms with Gasteiger partial charge >= 0.3 is 0 Å². The minimum atomic E-state index is -0.260. The summed E-state index contributed by atoms with van der Waals surface area (Å²) in [5.41, 5.74) is 0.770. The van der Waals surface area contributed by atoms with E-state index in [0.717, 1.165) is 10.0 Å². The van der Waals surface area contributed by atoms with E-state index < -0.39 is 0 Å². The normalized spacial score (nSPS) is 11.8. The van der Waals surface area contributed by atoms with Crippen LogP contribution < -0.4 is 0 Å². The van der Waals surface area contributed by atoms with Gasteiger partial charge in [0.25, 0.3) is 0 Å². The zero-order valence-electron chi connectivity index (χ0n) is 7.64. The van der Waals surface area contributed by atoms with Gasteiger partial charge in [0.2, 0.25) is 0 Å². The molecule has 1 aromatic carbocycles. The molecule has 1 aromatic rings. The summed E-state index contributed by atoms with van der Waals surface area (Å²) in [6.07, 6.45) is 0. The zero-order chi connectivity index (χ0) is 10.1. The third-order valence-electron chi connectivity index (χ3n) is 2.08. The fourth-order valence-corrected chi connectivity index (χ4v) is 2.09. The first-order chi connectivity index (χ1) is 5.99. The van der Waals surface area contributed by atoms with Gasteiger partial charge < -0.3 is 5.11 Å². The first kappa shape index (κ1) is 11.0. The summed E-state index contributed by atoms with van der Waals surface area (Å²) < 4.78 is 0.871. The molecule has 0 aliphatic rings. The van der Waals surface area contributed by atoms with Crippen LogP contribution in [0.1, 0.15) is 19.4 Å². The summed E-state index contributed by atoms with van der Waals surface area (Å²) in [5.74, 6) is 0. The lowest BCUT2D eigenvalue weighted by Crippen LogP contribution is -2.22. The number of rotatable bonds is 2. The number of halogens is 2. The van der Waals surface area contributed by atoms with Gasteiger partial charge in [0.1, 0.15) is 0 Å². The highest BCUT2D eigenvalue weighted by Gasteiger charge is 2.22. The Morgan fingerprint density at radius 3 is 2.62 bits per heavy atom. The Morgan fingerprint density at radius 2 is 2.08 bits per heavy atom. The van der Waals surface area contributed by atoms with Crippen molar-refractivity contribution in [1.82, 2.24) is 0 Å². The van der Waals surface area contributed by atoms with Gasteiger partial charge in [-0.2, -0.15) is 0 Å². The van der Waals surface area contributed by atoms with Crippen molar-refractivity contribution in [2.75, 3.05) is 6.61 Å². The minimum absolute atomic E-state index is 0.103. The van der Waals surface area contributed by atoms with Gasteiger partial charge in [-0.25, -0.2) is 0 Å². The number of hydrogen-bond donors (Lipinski definition) is 1. The van der Waals surface area contributed by atoms with Crippen LogP contribution >= 0.6 is 27.5 Å². The van der Waals surface area contributed by atoms with E-state index in [9.17, 15) is 5.11 Å². The lowest BCUT2D eigenvalue weighted by atomic mass is 9.86. The highest BCUT2D eigenvalue weighted by atomic mass is 79.9. The Bertz CT molecular complexity index is 310. The van der Waals surface area contributed by atoms with E-state index in [1.807, 2.05) is 32.0 Å². The Balaban J connectivity index is 3.22. The third-order valence-corrected chi connectivity index (χ3v) is 3.47. The molecule has 0 saturated heterocycles. The molecule has 0 aliphatic carbocycles. The minimum Gasteiger partial charge on any atom is -0.395 e. The molecule has 0 amide bonds. The van der Waals surface area contributed by atoms with E-state index in [0.29, 0.717) is 5.02 Å². The fourth-order valence-electron chi connectivity index (χ4n) is 1.11. The van der Waals surface area contributed by atoms with Gasteiger partial charge in [-0.05, 0) is 27.6 Å². The second kappa shape index (κ2) is 3.99. The largest absolute Gasteiger partial charge is 0.395 e. The van der Waals surface area contributed by atoms with E-state index in [1.54, 1.807) is 0 Å². The summed E-state index contributed by atoms with van der Waals surface area (Å²) in [4.78, 5) is 0. The molecule has 0 heterocycles. The summed E-state index contributed by atoms with van der Waals surface area (Å²) in [6, 6.07) is 5.68. The van der Waals surface area contributed by atoms with E-state index in [1.165, 1.54) is 0 Å². The molecule has 3 heteroatoms. The molecular weight excluding hydrogens is 251 g/mol. The average molecular weight is 264 g/mol. The molecule has 1 nitrogen and oxygen atoms in total. The number of aliphatic hydroxyl groups is 1. The van der Waals surface area contributed by atoms with Crippen molar-refractivity contribution in [2.45, 2.75) is 19.3 Å². The van der Waals surface area contributed by atoms with Crippen molar-refractivity contribution >= 4 is 27.5 Å². The van der Waals surface area contributed by atoms with Crippen molar-refractivity contribution in [2.24, 2.45) is 0 Å². The summed E-state index contributed by atoms with van der Waals surface area (Å²) >= 11 is 9.36. The van der Waals surface area contributed by atoms with Crippen LogP contribution in [0.4, 0.5) is 0 Å². The van der Waals surface area contributed by atoms with Crippen molar-refractivity contribution in [3.8, 4) is 0 Å². The molecule has 0 radical (unpaired) electrons. The summed E-state index contributed by atoms with van der Waals surface area (Å²) in [7, 11) is 0. The lowest BCUT2D eigenvalue weighted by molar-refractivity contribution is 0.218. The molecule has 1 N–H and O–H groups in total. The fraction of sp³-hybridized carbons (Fsp3) is 0.400. The summed E-state index contributed by atoms with van der Waals surface area (Å²) in [6.45, 7) is 4.05. The van der Waals surface area contributed by atoms with Gasteiger partial charge in [-0.3, -0.25) is 0 Å². The SMILES string of the molecule is CC(C)(CO)c1cccc(Cl)c1Br. The number of aliphatic hydroxyl groups excluding tert-OH is 1. The maximum atomic E-state index is 9.20. The van der Waals surface area contributed by atoms with Crippen molar-refractivity contribution in [3.63, 3.8) is 0 Å². The maximum Gasteiger partial charge on any atom is 0.0551 e. The van der Waals surface area contributed by atoms with Crippen molar-refractivity contribution in [1.29, 1.82) is 0 Å². The third kappa shape index (κ3) is 2.25. The van der Waals surface area contributed by atoms with Crippen molar-refractivity contribution < 1.29 is 5.11 Å². The molecule has 0 fully saturated rings. The first-order valence-corrected chi connectivity index (χ1v) is 5.21. The second-order valence-corrected chi connectivity index (χ2v) is 4.84. The number of benzene rings is 1. The van der Waals surface area contributed by atoms with E-state index in [2.05, 4.69) is 15.9 Å². The molecule has 0 atom stereocenters. The average Bonchev–Trinajstić information content (AvgIpc) is 2.09. The summed E-state index contributed by atoms with van der Waals surface area (Å²) in [5, 5.41) is 9.88. The molecule has 13 heavy (non-hydrogen) atoms. The van der Waals surface area contributed by atoms with E-state index in [4.69, 9.17) is 11.6 Å².